The van der Waals surface area contributed by atoms with Crippen molar-refractivity contribution in [2.45, 2.75) is 53.1 Å². The molecule has 2 amide bonds. The molecule has 1 aliphatic heterocycles. The highest BCUT2D eigenvalue weighted by molar-refractivity contribution is 7.22. The summed E-state index contributed by atoms with van der Waals surface area (Å²) in [4.78, 5) is 31.0. The molecule has 0 saturated carbocycles. The Balaban J connectivity index is 1.58. The Hall–Kier alpha value is -2.15. The van der Waals surface area contributed by atoms with Crippen molar-refractivity contribution in [1.82, 2.24) is 9.88 Å². The fraction of sp³-hybridized carbons (Fsp3) is 0.550. The number of hydrogen-bond donors (Lipinski definition) is 1. The number of carbonyl (C=O) groups is 2. The highest BCUT2D eigenvalue weighted by Gasteiger charge is 2.30. The second-order valence-electron chi connectivity index (χ2n) is 8.18. The van der Waals surface area contributed by atoms with Crippen molar-refractivity contribution in [1.29, 1.82) is 0 Å². The van der Waals surface area contributed by atoms with Gasteiger partial charge in [0.05, 0.1) is 10.2 Å². The second-order valence-corrected chi connectivity index (χ2v) is 9.18. The van der Waals surface area contributed by atoms with Gasteiger partial charge < -0.3 is 15.0 Å². The summed E-state index contributed by atoms with van der Waals surface area (Å²) in [6.45, 7) is 10.7. The van der Waals surface area contributed by atoms with Crippen LogP contribution in [0.1, 0.15) is 44.7 Å². The van der Waals surface area contributed by atoms with Crippen LogP contribution in [0.3, 0.4) is 0 Å². The van der Waals surface area contributed by atoms with Gasteiger partial charge in [-0.1, -0.05) is 17.4 Å². The topological polar surface area (TPSA) is 71.5 Å². The summed E-state index contributed by atoms with van der Waals surface area (Å²) in [6, 6.07) is 4.16. The molecular weight excluding hydrogens is 362 g/mol. The molecule has 0 atom stereocenters. The number of anilines is 1. The summed E-state index contributed by atoms with van der Waals surface area (Å²) in [6.07, 6.45) is 0.959. The minimum absolute atomic E-state index is 0.0210. The van der Waals surface area contributed by atoms with E-state index in [-0.39, 0.29) is 17.9 Å². The van der Waals surface area contributed by atoms with Gasteiger partial charge in [-0.25, -0.2) is 9.78 Å². The third-order valence-corrected chi connectivity index (χ3v) is 5.69. The van der Waals surface area contributed by atoms with Gasteiger partial charge in [-0.2, -0.15) is 0 Å². The molecule has 1 aromatic heterocycles. The average Bonchev–Trinajstić information content (AvgIpc) is 2.96. The maximum Gasteiger partial charge on any atom is 0.410 e. The quantitative estimate of drug-likeness (QED) is 0.821. The van der Waals surface area contributed by atoms with Gasteiger partial charge in [-0.15, -0.1) is 0 Å². The molecule has 0 bridgehead atoms. The molecule has 0 aliphatic carbocycles. The Kier molecular flexibility index (Phi) is 5.42. The monoisotopic (exact) mass is 389 g/mol. The molecule has 0 radical (unpaired) electrons. The highest BCUT2D eigenvalue weighted by atomic mass is 32.1. The Bertz CT molecular complexity index is 861. The van der Waals surface area contributed by atoms with E-state index in [4.69, 9.17) is 4.74 Å². The number of fused-ring (bicyclic) bond motifs is 1. The van der Waals surface area contributed by atoms with Crippen LogP contribution in [0, 0.1) is 19.8 Å². The van der Waals surface area contributed by atoms with Gasteiger partial charge in [-0.05, 0) is 64.7 Å². The summed E-state index contributed by atoms with van der Waals surface area (Å²) in [5.74, 6) is -0.134. The number of benzene rings is 1. The number of carbonyl (C=O) groups excluding carboxylic acids is 2. The lowest BCUT2D eigenvalue weighted by Gasteiger charge is -2.32. The lowest BCUT2D eigenvalue weighted by molar-refractivity contribution is -0.121. The first-order chi connectivity index (χ1) is 12.6. The van der Waals surface area contributed by atoms with Crippen molar-refractivity contribution in [2.75, 3.05) is 18.4 Å². The molecular formula is C20H27N3O3S. The lowest BCUT2D eigenvalue weighted by Crippen LogP contribution is -2.43. The number of likely N-dealkylation sites (tertiary alicyclic amines) is 1. The lowest BCUT2D eigenvalue weighted by atomic mass is 9.96. The van der Waals surface area contributed by atoms with Crippen LogP contribution in [0.15, 0.2) is 12.1 Å². The van der Waals surface area contributed by atoms with Crippen LogP contribution in [0.25, 0.3) is 10.2 Å². The molecule has 1 aliphatic rings. The Labute approximate surface area is 163 Å². The molecule has 0 spiro atoms. The van der Waals surface area contributed by atoms with E-state index in [1.54, 1.807) is 4.90 Å². The minimum atomic E-state index is -0.505. The van der Waals surface area contributed by atoms with Crippen LogP contribution in [0.2, 0.25) is 0 Å². The fourth-order valence-corrected chi connectivity index (χ4v) is 4.21. The number of amides is 2. The van der Waals surface area contributed by atoms with Gasteiger partial charge >= 0.3 is 6.09 Å². The van der Waals surface area contributed by atoms with Gasteiger partial charge in [0.25, 0.3) is 0 Å². The molecule has 6 nitrogen and oxygen atoms in total. The minimum Gasteiger partial charge on any atom is -0.444 e. The Morgan fingerprint density at radius 2 is 1.89 bits per heavy atom. The van der Waals surface area contributed by atoms with E-state index < -0.39 is 5.60 Å². The van der Waals surface area contributed by atoms with Gasteiger partial charge in [-0.3, -0.25) is 4.79 Å². The summed E-state index contributed by atoms with van der Waals surface area (Å²) in [5, 5.41) is 3.60. The zero-order valence-electron chi connectivity index (χ0n) is 16.6. The SMILES string of the molecule is Cc1cc(C)c2sc(NC(=O)C3CCN(C(=O)OC(C)(C)C)CC3)nc2c1. The normalized spacial score (nSPS) is 15.8. The van der Waals surface area contributed by atoms with Crippen LogP contribution in [-0.2, 0) is 9.53 Å². The molecule has 1 saturated heterocycles. The van der Waals surface area contributed by atoms with Gasteiger partial charge in [0.1, 0.15) is 5.60 Å². The number of nitrogens with zero attached hydrogens (tertiary/aromatic N) is 2. The van der Waals surface area contributed by atoms with Crippen LogP contribution in [-0.4, -0.2) is 40.6 Å². The molecule has 2 heterocycles. The summed E-state index contributed by atoms with van der Waals surface area (Å²) >= 11 is 1.51. The molecule has 1 N–H and O–H groups in total. The van der Waals surface area contributed by atoms with Crippen LogP contribution < -0.4 is 5.32 Å². The molecule has 1 aromatic carbocycles. The van der Waals surface area contributed by atoms with Crippen LogP contribution >= 0.6 is 11.3 Å². The van der Waals surface area contributed by atoms with Crippen LogP contribution in [0.4, 0.5) is 9.93 Å². The molecule has 3 rings (SSSR count). The third-order valence-electron chi connectivity index (χ3n) is 4.57. The van der Waals surface area contributed by atoms with Crippen molar-refractivity contribution in [3.63, 3.8) is 0 Å². The predicted octanol–water partition coefficient (Wildman–Crippen LogP) is 4.50. The van der Waals surface area contributed by atoms with E-state index in [1.807, 2.05) is 33.8 Å². The summed E-state index contributed by atoms with van der Waals surface area (Å²) in [5.41, 5.74) is 2.76. The summed E-state index contributed by atoms with van der Waals surface area (Å²) < 4.78 is 6.51. The van der Waals surface area contributed by atoms with E-state index in [0.29, 0.717) is 31.1 Å². The maximum absolute atomic E-state index is 12.6. The largest absolute Gasteiger partial charge is 0.444 e. The zero-order valence-corrected chi connectivity index (χ0v) is 17.4. The number of hydrogen-bond acceptors (Lipinski definition) is 5. The maximum atomic E-state index is 12.6. The zero-order chi connectivity index (χ0) is 19.8. The number of nitrogens with one attached hydrogen (secondary N) is 1. The van der Waals surface area contributed by atoms with Crippen molar-refractivity contribution in [2.24, 2.45) is 5.92 Å². The number of piperidine rings is 1. The fourth-order valence-electron chi connectivity index (χ4n) is 3.29. The van der Waals surface area contributed by atoms with E-state index in [2.05, 4.69) is 23.3 Å². The molecule has 0 unspecified atom stereocenters. The van der Waals surface area contributed by atoms with Gasteiger partial charge in [0.15, 0.2) is 5.13 Å². The third kappa shape index (κ3) is 4.77. The number of aromatic nitrogens is 1. The van der Waals surface area contributed by atoms with E-state index in [0.717, 1.165) is 15.8 Å². The Morgan fingerprint density at radius 3 is 2.52 bits per heavy atom. The summed E-state index contributed by atoms with van der Waals surface area (Å²) in [7, 11) is 0. The van der Waals surface area contributed by atoms with Gasteiger partial charge in [0, 0.05) is 19.0 Å². The molecule has 7 heteroatoms. The van der Waals surface area contributed by atoms with Crippen LogP contribution in [0.5, 0.6) is 0 Å². The molecule has 27 heavy (non-hydrogen) atoms. The first-order valence-electron chi connectivity index (χ1n) is 9.29. The van der Waals surface area contributed by atoms with Crippen molar-refractivity contribution in [3.05, 3.63) is 23.3 Å². The van der Waals surface area contributed by atoms with E-state index >= 15 is 0 Å². The second kappa shape index (κ2) is 7.46. The number of thiazole rings is 1. The number of aryl methyl sites for hydroxylation is 2. The predicted molar refractivity (Wildman–Crippen MR) is 108 cm³/mol. The van der Waals surface area contributed by atoms with Crippen molar-refractivity contribution in [3.8, 4) is 0 Å². The first-order valence-corrected chi connectivity index (χ1v) is 10.1. The molecule has 1 fully saturated rings. The van der Waals surface area contributed by atoms with Gasteiger partial charge in [0.2, 0.25) is 5.91 Å². The van der Waals surface area contributed by atoms with Crippen molar-refractivity contribution < 1.29 is 14.3 Å². The van der Waals surface area contributed by atoms with E-state index in [1.165, 1.54) is 16.9 Å². The average molecular weight is 390 g/mol. The molecule has 146 valence electrons. The van der Waals surface area contributed by atoms with Crippen molar-refractivity contribution >= 4 is 38.7 Å². The smallest absolute Gasteiger partial charge is 0.410 e. The Morgan fingerprint density at radius 1 is 1.22 bits per heavy atom. The standard InChI is InChI=1S/C20H27N3O3S/c1-12-10-13(2)16-15(11-12)21-18(27-16)22-17(24)14-6-8-23(9-7-14)19(25)26-20(3,4)5/h10-11,14H,6-9H2,1-5H3,(H,21,22,24). The van der Waals surface area contributed by atoms with E-state index in [9.17, 15) is 9.59 Å². The highest BCUT2D eigenvalue weighted by Crippen LogP contribution is 2.30. The molecule has 2 aromatic rings. The number of rotatable bonds is 2. The first kappa shape index (κ1) is 19.6. The number of ether oxygens (including phenoxy) is 1.